The number of H-pyrrole nitrogens is 1. The number of aromatic nitrogens is 2. The van der Waals surface area contributed by atoms with Gasteiger partial charge in [0.05, 0.1) is 6.54 Å². The Morgan fingerprint density at radius 3 is 2.50 bits per heavy atom. The topological polar surface area (TPSA) is 56.0 Å². The zero-order chi connectivity index (χ0) is 20.0. The SMILES string of the molecule is CCCNC(C)CCCN(CCC)Cc1ccc(CNCc2ncc[nH]2)cc1. The lowest BCUT2D eigenvalue weighted by Crippen LogP contribution is -2.29. The van der Waals surface area contributed by atoms with E-state index < -0.39 is 0 Å². The van der Waals surface area contributed by atoms with Crippen LogP contribution in [0, 0.1) is 0 Å². The summed E-state index contributed by atoms with van der Waals surface area (Å²) in [5, 5.41) is 7.02. The number of imidazole rings is 1. The highest BCUT2D eigenvalue weighted by atomic mass is 15.1. The molecule has 2 rings (SSSR count). The summed E-state index contributed by atoms with van der Waals surface area (Å²) in [6.45, 7) is 13.0. The summed E-state index contributed by atoms with van der Waals surface area (Å²) in [6, 6.07) is 9.66. The molecule has 1 aromatic heterocycles. The summed E-state index contributed by atoms with van der Waals surface area (Å²) in [7, 11) is 0. The fourth-order valence-corrected chi connectivity index (χ4v) is 3.44. The van der Waals surface area contributed by atoms with Gasteiger partial charge in [0.25, 0.3) is 0 Å². The molecule has 0 aliphatic heterocycles. The van der Waals surface area contributed by atoms with Crippen molar-refractivity contribution >= 4 is 0 Å². The van der Waals surface area contributed by atoms with Crippen molar-refractivity contribution in [2.24, 2.45) is 0 Å². The molecule has 3 N–H and O–H groups in total. The van der Waals surface area contributed by atoms with Gasteiger partial charge in [-0.15, -0.1) is 0 Å². The summed E-state index contributed by atoms with van der Waals surface area (Å²) in [5.74, 6) is 0.978. The Bertz CT molecular complexity index is 608. The van der Waals surface area contributed by atoms with E-state index in [2.05, 4.69) is 70.5 Å². The van der Waals surface area contributed by atoms with Gasteiger partial charge in [0.15, 0.2) is 0 Å². The summed E-state index contributed by atoms with van der Waals surface area (Å²) in [5.41, 5.74) is 2.72. The molecule has 0 saturated heterocycles. The van der Waals surface area contributed by atoms with Crippen LogP contribution in [0.15, 0.2) is 36.7 Å². The fraction of sp³-hybridized carbons (Fsp3) is 0.609. The van der Waals surface area contributed by atoms with Crippen LogP contribution in [0.4, 0.5) is 0 Å². The molecular weight excluding hydrogens is 346 g/mol. The first kappa shape index (κ1) is 22.6. The van der Waals surface area contributed by atoms with Gasteiger partial charge in [-0.3, -0.25) is 4.90 Å². The number of benzene rings is 1. The number of nitrogens with one attached hydrogen (secondary N) is 3. The number of aromatic amines is 1. The molecule has 1 heterocycles. The molecule has 0 aliphatic carbocycles. The van der Waals surface area contributed by atoms with E-state index in [4.69, 9.17) is 0 Å². The van der Waals surface area contributed by atoms with Gasteiger partial charge in [0.2, 0.25) is 0 Å². The standard InChI is InChI=1S/C23H39N5/c1-4-12-25-20(3)7-6-16-28(15-5-2)19-22-10-8-21(9-11-22)17-24-18-23-26-13-14-27-23/h8-11,13-14,20,24-25H,4-7,12,15-19H2,1-3H3,(H,26,27). The molecule has 1 atom stereocenters. The van der Waals surface area contributed by atoms with Crippen molar-refractivity contribution in [2.45, 2.75) is 72.1 Å². The zero-order valence-corrected chi connectivity index (χ0v) is 18.0. The van der Waals surface area contributed by atoms with E-state index in [9.17, 15) is 0 Å². The molecule has 28 heavy (non-hydrogen) atoms. The van der Waals surface area contributed by atoms with E-state index in [1.807, 2.05) is 6.20 Å². The minimum atomic E-state index is 0.622. The van der Waals surface area contributed by atoms with E-state index in [-0.39, 0.29) is 0 Å². The van der Waals surface area contributed by atoms with Crippen molar-refractivity contribution in [1.29, 1.82) is 0 Å². The van der Waals surface area contributed by atoms with Gasteiger partial charge in [-0.05, 0) is 63.4 Å². The summed E-state index contributed by atoms with van der Waals surface area (Å²) in [6.07, 6.45) is 8.57. The molecule has 0 radical (unpaired) electrons. The average Bonchev–Trinajstić information content (AvgIpc) is 3.21. The Hall–Kier alpha value is -1.69. The second-order valence-electron chi connectivity index (χ2n) is 7.73. The van der Waals surface area contributed by atoms with Crippen molar-refractivity contribution in [3.8, 4) is 0 Å². The van der Waals surface area contributed by atoms with Crippen LogP contribution in [-0.2, 0) is 19.6 Å². The van der Waals surface area contributed by atoms with Crippen molar-refractivity contribution in [3.05, 3.63) is 53.6 Å². The first-order valence-electron chi connectivity index (χ1n) is 10.9. The van der Waals surface area contributed by atoms with Gasteiger partial charge in [0, 0.05) is 31.5 Å². The number of hydrogen-bond acceptors (Lipinski definition) is 4. The Morgan fingerprint density at radius 2 is 1.82 bits per heavy atom. The highest BCUT2D eigenvalue weighted by Crippen LogP contribution is 2.10. The van der Waals surface area contributed by atoms with E-state index in [1.165, 1.54) is 49.9 Å². The summed E-state index contributed by atoms with van der Waals surface area (Å²) < 4.78 is 0. The smallest absolute Gasteiger partial charge is 0.120 e. The van der Waals surface area contributed by atoms with Crippen LogP contribution < -0.4 is 10.6 Å². The molecule has 0 aliphatic rings. The molecule has 5 heteroatoms. The highest BCUT2D eigenvalue weighted by molar-refractivity contribution is 5.22. The number of rotatable bonds is 15. The molecule has 0 amide bonds. The second kappa shape index (κ2) is 13.5. The first-order valence-corrected chi connectivity index (χ1v) is 10.9. The quantitative estimate of drug-likeness (QED) is 0.432. The largest absolute Gasteiger partial charge is 0.348 e. The van der Waals surface area contributed by atoms with Crippen LogP contribution in [-0.4, -0.2) is 40.5 Å². The lowest BCUT2D eigenvalue weighted by atomic mass is 10.1. The lowest BCUT2D eigenvalue weighted by molar-refractivity contribution is 0.256. The predicted octanol–water partition coefficient (Wildman–Crippen LogP) is 4.08. The van der Waals surface area contributed by atoms with Gasteiger partial charge in [0.1, 0.15) is 5.82 Å². The molecule has 1 unspecified atom stereocenters. The molecule has 0 saturated carbocycles. The molecule has 0 fully saturated rings. The van der Waals surface area contributed by atoms with Gasteiger partial charge in [-0.25, -0.2) is 4.98 Å². The van der Waals surface area contributed by atoms with Crippen LogP contribution >= 0.6 is 0 Å². The Labute approximate surface area is 171 Å². The van der Waals surface area contributed by atoms with Crippen molar-refractivity contribution in [2.75, 3.05) is 19.6 Å². The van der Waals surface area contributed by atoms with Crippen LogP contribution in [0.5, 0.6) is 0 Å². The van der Waals surface area contributed by atoms with Crippen LogP contribution in [0.1, 0.15) is 63.4 Å². The molecular formula is C23H39N5. The van der Waals surface area contributed by atoms with E-state index in [0.717, 1.165) is 32.0 Å². The van der Waals surface area contributed by atoms with Crippen molar-refractivity contribution < 1.29 is 0 Å². The normalized spacial score (nSPS) is 12.6. The van der Waals surface area contributed by atoms with Gasteiger partial charge in [-0.1, -0.05) is 38.1 Å². The van der Waals surface area contributed by atoms with Crippen LogP contribution in [0.2, 0.25) is 0 Å². The average molecular weight is 386 g/mol. The first-order chi connectivity index (χ1) is 13.7. The minimum absolute atomic E-state index is 0.622. The maximum atomic E-state index is 4.23. The molecule has 5 nitrogen and oxygen atoms in total. The van der Waals surface area contributed by atoms with Gasteiger partial charge in [-0.2, -0.15) is 0 Å². The van der Waals surface area contributed by atoms with Crippen LogP contribution in [0.25, 0.3) is 0 Å². The van der Waals surface area contributed by atoms with Crippen molar-refractivity contribution in [3.63, 3.8) is 0 Å². The number of nitrogens with zero attached hydrogens (tertiary/aromatic N) is 2. The molecule has 156 valence electrons. The highest BCUT2D eigenvalue weighted by Gasteiger charge is 2.07. The molecule has 2 aromatic rings. The van der Waals surface area contributed by atoms with Gasteiger partial charge < -0.3 is 15.6 Å². The maximum Gasteiger partial charge on any atom is 0.120 e. The lowest BCUT2D eigenvalue weighted by Gasteiger charge is -2.23. The Balaban J connectivity index is 1.72. The molecule has 0 spiro atoms. The third-order valence-electron chi connectivity index (χ3n) is 5.00. The monoisotopic (exact) mass is 385 g/mol. The maximum absolute atomic E-state index is 4.23. The molecule has 0 bridgehead atoms. The summed E-state index contributed by atoms with van der Waals surface area (Å²) >= 11 is 0. The summed E-state index contributed by atoms with van der Waals surface area (Å²) in [4.78, 5) is 9.94. The van der Waals surface area contributed by atoms with Crippen molar-refractivity contribution in [1.82, 2.24) is 25.5 Å². The fourth-order valence-electron chi connectivity index (χ4n) is 3.44. The second-order valence-corrected chi connectivity index (χ2v) is 7.73. The van der Waals surface area contributed by atoms with E-state index in [0.29, 0.717) is 6.04 Å². The third-order valence-corrected chi connectivity index (χ3v) is 5.00. The van der Waals surface area contributed by atoms with E-state index in [1.54, 1.807) is 6.20 Å². The Morgan fingerprint density at radius 1 is 1.04 bits per heavy atom. The zero-order valence-electron chi connectivity index (χ0n) is 18.0. The Kier molecular flexibility index (Phi) is 10.9. The predicted molar refractivity (Wildman–Crippen MR) is 118 cm³/mol. The van der Waals surface area contributed by atoms with Gasteiger partial charge >= 0.3 is 0 Å². The third kappa shape index (κ3) is 9.00. The number of hydrogen-bond donors (Lipinski definition) is 3. The van der Waals surface area contributed by atoms with E-state index >= 15 is 0 Å². The minimum Gasteiger partial charge on any atom is -0.348 e. The van der Waals surface area contributed by atoms with Crippen LogP contribution in [0.3, 0.4) is 0 Å². The molecule has 1 aromatic carbocycles.